The molecule has 1 aliphatic heterocycles. The van der Waals surface area contributed by atoms with Crippen LogP contribution >= 0.6 is 11.6 Å². The highest BCUT2D eigenvalue weighted by Crippen LogP contribution is 2.40. The third kappa shape index (κ3) is 4.77. The minimum atomic E-state index is -4.77. The van der Waals surface area contributed by atoms with E-state index in [1.54, 1.807) is 27.7 Å². The highest BCUT2D eigenvalue weighted by atomic mass is 35.5. The summed E-state index contributed by atoms with van der Waals surface area (Å²) in [4.78, 5) is 0. The molecule has 16 heteroatoms. The van der Waals surface area contributed by atoms with Gasteiger partial charge in [0.1, 0.15) is 6.54 Å². The zero-order valence-corrected chi connectivity index (χ0v) is 21.7. The van der Waals surface area contributed by atoms with Crippen LogP contribution in [0, 0.1) is 0 Å². The van der Waals surface area contributed by atoms with E-state index >= 15 is 0 Å². The lowest BCUT2D eigenvalue weighted by atomic mass is 9.77. The molecule has 1 fully saturated rings. The fourth-order valence-electron chi connectivity index (χ4n) is 3.47. The lowest BCUT2D eigenvalue weighted by molar-refractivity contribution is -0.141. The average molecular weight is 546 g/mol. The van der Waals surface area contributed by atoms with Crippen molar-refractivity contribution in [1.82, 2.24) is 9.78 Å². The molecule has 2 heterocycles. The van der Waals surface area contributed by atoms with Crippen molar-refractivity contribution >= 4 is 60.9 Å². The van der Waals surface area contributed by atoms with Gasteiger partial charge in [0.15, 0.2) is 5.82 Å². The Kier molecular flexibility index (Phi) is 6.57. The van der Waals surface area contributed by atoms with Crippen molar-refractivity contribution in [3.05, 3.63) is 17.2 Å². The number of hydrogen-bond acceptors (Lipinski definition) is 7. The van der Waals surface area contributed by atoms with Crippen LogP contribution < -0.4 is 9.17 Å². The van der Waals surface area contributed by atoms with Crippen molar-refractivity contribution in [2.45, 2.75) is 58.5 Å². The van der Waals surface area contributed by atoms with Gasteiger partial charge in [-0.25, -0.2) is 16.8 Å². The normalized spacial score (nSPS) is 18.6. The molecule has 0 atom stereocenters. The first-order valence-corrected chi connectivity index (χ1v) is 13.9. The molecule has 2 aromatic rings. The van der Waals surface area contributed by atoms with Gasteiger partial charge in [-0.2, -0.15) is 18.3 Å². The van der Waals surface area contributed by atoms with Gasteiger partial charge in [0.25, 0.3) is 0 Å². The van der Waals surface area contributed by atoms with Gasteiger partial charge >= 0.3 is 13.3 Å². The van der Waals surface area contributed by atoms with Crippen molar-refractivity contribution in [3.8, 4) is 0 Å². The van der Waals surface area contributed by atoms with Crippen molar-refractivity contribution in [2.75, 3.05) is 15.7 Å². The first-order valence-electron chi connectivity index (χ1n) is 10.1. The summed E-state index contributed by atoms with van der Waals surface area (Å²) < 4.78 is 103. The van der Waals surface area contributed by atoms with Crippen molar-refractivity contribution in [2.24, 2.45) is 0 Å². The number of halogens is 4. The van der Waals surface area contributed by atoms with E-state index in [4.69, 9.17) is 20.9 Å². The topological polar surface area (TPSA) is 108 Å². The van der Waals surface area contributed by atoms with E-state index in [1.165, 1.54) is 19.1 Å². The Hall–Kier alpha value is -1.55. The fraction of sp³-hybridized carbons (Fsp3) is 0.611. The fourth-order valence-corrected chi connectivity index (χ4v) is 6.74. The van der Waals surface area contributed by atoms with Gasteiger partial charge in [-0.15, -0.1) is 3.71 Å². The van der Waals surface area contributed by atoms with E-state index in [0.29, 0.717) is 10.9 Å². The van der Waals surface area contributed by atoms with E-state index < -0.39 is 62.7 Å². The van der Waals surface area contributed by atoms with Crippen LogP contribution in [0.25, 0.3) is 10.9 Å². The summed E-state index contributed by atoms with van der Waals surface area (Å²) in [5.74, 6) is -1.41. The number of anilines is 1. The monoisotopic (exact) mass is 545 g/mol. The second kappa shape index (κ2) is 8.25. The Morgan fingerprint density at radius 1 is 1.12 bits per heavy atom. The SMILES string of the molecule is CCS(=O)(=O)N(c1nn(CC(F)(F)F)c2c(B3OC(C)(C)C(C)(C)O3)ccc(Cl)c12)S(C)(=O)=O. The van der Waals surface area contributed by atoms with Gasteiger partial charge in [-0.1, -0.05) is 17.7 Å². The molecular formula is C18H24BClF3N3O6S2. The predicted octanol–water partition coefficient (Wildman–Crippen LogP) is 2.67. The molecule has 0 aliphatic carbocycles. The molecule has 3 rings (SSSR count). The summed E-state index contributed by atoms with van der Waals surface area (Å²) in [7, 11) is -10.2. The summed E-state index contributed by atoms with van der Waals surface area (Å²) in [6, 6.07) is 2.68. The maximum atomic E-state index is 13.5. The molecule has 0 saturated carbocycles. The quantitative estimate of drug-likeness (QED) is 0.514. The minimum absolute atomic E-state index is 0.00903. The molecule has 0 bridgehead atoms. The van der Waals surface area contributed by atoms with Crippen molar-refractivity contribution in [1.29, 1.82) is 0 Å². The molecule has 1 aliphatic rings. The Bertz CT molecular complexity index is 1330. The maximum absolute atomic E-state index is 13.5. The highest BCUT2D eigenvalue weighted by molar-refractivity contribution is 8.09. The Labute approximate surface area is 201 Å². The zero-order chi connectivity index (χ0) is 26.1. The highest BCUT2D eigenvalue weighted by Gasteiger charge is 2.53. The molecule has 1 saturated heterocycles. The number of sulfonamides is 2. The molecule has 190 valence electrons. The number of hydrogen-bond donors (Lipinski definition) is 0. The van der Waals surface area contributed by atoms with Gasteiger partial charge < -0.3 is 9.31 Å². The Morgan fingerprint density at radius 3 is 2.09 bits per heavy atom. The molecule has 9 nitrogen and oxygen atoms in total. The molecule has 1 aromatic carbocycles. The molecule has 0 amide bonds. The molecule has 1 aromatic heterocycles. The van der Waals surface area contributed by atoms with Crippen LogP contribution in [-0.2, 0) is 35.9 Å². The lowest BCUT2D eigenvalue weighted by Gasteiger charge is -2.32. The first kappa shape index (κ1) is 27.0. The molecule has 0 spiro atoms. The lowest BCUT2D eigenvalue weighted by Crippen LogP contribution is -2.41. The van der Waals surface area contributed by atoms with Crippen LogP contribution in [0.15, 0.2) is 12.1 Å². The van der Waals surface area contributed by atoms with E-state index in [1.807, 2.05) is 0 Å². The smallest absolute Gasteiger partial charge is 0.399 e. The number of fused-ring (bicyclic) bond motifs is 1. The van der Waals surface area contributed by atoms with Crippen LogP contribution in [0.1, 0.15) is 34.6 Å². The Morgan fingerprint density at radius 2 is 1.65 bits per heavy atom. The standard InChI is InChI=1S/C18H24BClF3N3O6S2/c1-7-34(29,30)26(33(6,27)28)15-13-12(20)9-8-11(14(13)25(24-15)10-18(21,22)23)19-31-16(2,3)17(4,5)32-19/h8-9H,7,10H2,1-6H3. The van der Waals surface area contributed by atoms with Crippen molar-refractivity contribution < 1.29 is 39.3 Å². The van der Waals surface area contributed by atoms with Gasteiger partial charge in [0.2, 0.25) is 20.0 Å². The van der Waals surface area contributed by atoms with E-state index in [9.17, 15) is 30.0 Å². The first-order chi connectivity index (χ1) is 15.2. The van der Waals surface area contributed by atoms with Crippen LogP contribution in [0.5, 0.6) is 0 Å². The second-order valence-electron chi connectivity index (χ2n) is 8.91. The summed E-state index contributed by atoms with van der Waals surface area (Å²) in [6.07, 6.45) is -4.16. The van der Waals surface area contributed by atoms with Gasteiger partial charge in [-0.3, -0.25) is 4.68 Å². The van der Waals surface area contributed by atoms with Gasteiger partial charge in [0, 0.05) is 5.46 Å². The average Bonchev–Trinajstić information content (AvgIpc) is 3.07. The number of aromatic nitrogens is 2. The number of rotatable bonds is 6. The molecule has 0 radical (unpaired) electrons. The zero-order valence-electron chi connectivity index (χ0n) is 19.3. The predicted molar refractivity (Wildman–Crippen MR) is 123 cm³/mol. The van der Waals surface area contributed by atoms with Gasteiger partial charge in [0.05, 0.1) is 39.1 Å². The molecule has 0 N–H and O–H groups in total. The third-order valence-corrected chi connectivity index (χ3v) is 9.78. The second-order valence-corrected chi connectivity index (χ2v) is 13.5. The van der Waals surface area contributed by atoms with Crippen LogP contribution in [0.3, 0.4) is 0 Å². The van der Waals surface area contributed by atoms with Crippen LogP contribution in [0.4, 0.5) is 19.0 Å². The molecule has 34 heavy (non-hydrogen) atoms. The number of alkyl halides is 3. The molecule has 0 unspecified atom stereocenters. The van der Waals surface area contributed by atoms with E-state index in [-0.39, 0.29) is 25.1 Å². The number of benzene rings is 1. The minimum Gasteiger partial charge on any atom is -0.399 e. The van der Waals surface area contributed by atoms with Crippen molar-refractivity contribution in [3.63, 3.8) is 0 Å². The van der Waals surface area contributed by atoms with Crippen LogP contribution in [-0.4, -0.2) is 63.1 Å². The molecular weight excluding hydrogens is 522 g/mol. The summed E-state index contributed by atoms with van der Waals surface area (Å²) >= 11 is 6.29. The largest absolute Gasteiger partial charge is 0.497 e. The number of nitrogens with zero attached hydrogens (tertiary/aromatic N) is 3. The summed E-state index contributed by atoms with van der Waals surface area (Å²) in [5.41, 5.74) is -1.85. The summed E-state index contributed by atoms with van der Waals surface area (Å²) in [6.45, 7) is 6.55. The third-order valence-electron chi connectivity index (χ3n) is 5.78. The van der Waals surface area contributed by atoms with E-state index in [2.05, 4.69) is 5.10 Å². The summed E-state index contributed by atoms with van der Waals surface area (Å²) in [5, 5.41) is 3.30. The van der Waals surface area contributed by atoms with E-state index in [0.717, 1.165) is 0 Å². The maximum Gasteiger partial charge on any atom is 0.497 e. The van der Waals surface area contributed by atoms with Crippen LogP contribution in [0.2, 0.25) is 5.02 Å². The Balaban J connectivity index is 2.42. The van der Waals surface area contributed by atoms with Gasteiger partial charge in [-0.05, 0) is 40.7 Å².